The molecule has 0 amide bonds. The van der Waals surface area contributed by atoms with E-state index >= 15 is 0 Å². The van der Waals surface area contributed by atoms with Gasteiger partial charge in [0.15, 0.2) is 0 Å². The van der Waals surface area contributed by atoms with Gasteiger partial charge in [-0.15, -0.1) is 11.6 Å². The van der Waals surface area contributed by atoms with Crippen molar-refractivity contribution in [2.75, 3.05) is 26.2 Å². The largest absolute Gasteiger partial charge is 0.496 e. The van der Waals surface area contributed by atoms with Crippen LogP contribution in [0.15, 0.2) is 18.2 Å². The van der Waals surface area contributed by atoms with Crippen molar-refractivity contribution >= 4 is 11.6 Å². The smallest absolute Gasteiger partial charge is 0.122 e. The zero-order chi connectivity index (χ0) is 10.9. The highest BCUT2D eigenvalue weighted by Crippen LogP contribution is 2.39. The van der Waals surface area contributed by atoms with Crippen LogP contribution >= 0.6 is 11.6 Å². The topological polar surface area (TPSA) is 18.5 Å². The Morgan fingerprint density at radius 3 is 2.67 bits per heavy atom. The lowest BCUT2D eigenvalue weighted by Crippen LogP contribution is -2.48. The molecular weight excluding hydrogens is 212 g/mol. The van der Waals surface area contributed by atoms with E-state index in [-0.39, 0.29) is 5.41 Å². The summed E-state index contributed by atoms with van der Waals surface area (Å²) >= 11 is 6.04. The van der Waals surface area contributed by atoms with Gasteiger partial charge in [-0.25, -0.2) is 0 Å². The second kappa shape index (κ2) is 4.03. The number of hydrogen-bond acceptors (Lipinski definition) is 2. The van der Waals surface area contributed by atoms with E-state index in [2.05, 4.69) is 13.0 Å². The van der Waals surface area contributed by atoms with E-state index in [1.807, 2.05) is 12.1 Å². The Bertz CT molecular complexity index is 353. The van der Waals surface area contributed by atoms with Gasteiger partial charge in [0.25, 0.3) is 0 Å². The second-order valence-electron chi connectivity index (χ2n) is 4.11. The number of benzene rings is 1. The molecule has 0 radical (unpaired) electrons. The molecule has 15 heavy (non-hydrogen) atoms. The van der Waals surface area contributed by atoms with Crippen LogP contribution in [0.4, 0.5) is 0 Å². The molecule has 1 aromatic rings. The van der Waals surface area contributed by atoms with Crippen LogP contribution in [0, 0.1) is 6.92 Å². The van der Waals surface area contributed by atoms with Gasteiger partial charge in [-0.3, -0.25) is 0 Å². The van der Waals surface area contributed by atoms with Crippen molar-refractivity contribution in [1.29, 1.82) is 0 Å². The molecule has 0 saturated carbocycles. The lowest BCUT2D eigenvalue weighted by atomic mass is 9.79. The number of aryl methyl sites for hydroxylation is 1. The Hall–Kier alpha value is -0.730. The molecule has 1 heterocycles. The first kappa shape index (κ1) is 10.8. The maximum absolute atomic E-state index is 6.04. The van der Waals surface area contributed by atoms with E-state index in [0.29, 0.717) is 19.1 Å². The molecule has 0 spiro atoms. The molecule has 0 unspecified atom stereocenters. The van der Waals surface area contributed by atoms with E-state index < -0.39 is 0 Å². The lowest BCUT2D eigenvalue weighted by molar-refractivity contribution is -0.0489. The van der Waals surface area contributed by atoms with Crippen molar-refractivity contribution in [2.45, 2.75) is 12.3 Å². The van der Waals surface area contributed by atoms with Gasteiger partial charge in [-0.05, 0) is 13.0 Å². The molecule has 0 N–H and O–H groups in total. The molecule has 2 nitrogen and oxygen atoms in total. The molecule has 0 atom stereocenters. The van der Waals surface area contributed by atoms with Gasteiger partial charge in [-0.1, -0.05) is 17.7 Å². The number of ether oxygens (including phenoxy) is 2. The highest BCUT2D eigenvalue weighted by atomic mass is 35.5. The molecular formula is C12H15ClO2. The van der Waals surface area contributed by atoms with E-state index in [1.54, 1.807) is 7.11 Å². The molecule has 1 aliphatic rings. The van der Waals surface area contributed by atoms with Crippen molar-refractivity contribution < 1.29 is 9.47 Å². The zero-order valence-corrected chi connectivity index (χ0v) is 9.80. The van der Waals surface area contributed by atoms with Gasteiger partial charge < -0.3 is 9.47 Å². The third kappa shape index (κ3) is 1.72. The molecule has 3 heteroatoms. The van der Waals surface area contributed by atoms with E-state index in [9.17, 15) is 0 Å². The number of alkyl halides is 1. The first-order valence-electron chi connectivity index (χ1n) is 5.01. The molecule has 82 valence electrons. The van der Waals surface area contributed by atoms with Crippen molar-refractivity contribution in [3.05, 3.63) is 29.3 Å². The Morgan fingerprint density at radius 1 is 1.47 bits per heavy atom. The highest BCUT2D eigenvalue weighted by molar-refractivity contribution is 6.18. The highest BCUT2D eigenvalue weighted by Gasteiger charge is 2.41. The monoisotopic (exact) mass is 226 g/mol. The average Bonchev–Trinajstić information content (AvgIpc) is 2.17. The Labute approximate surface area is 95.1 Å². The summed E-state index contributed by atoms with van der Waals surface area (Å²) in [5, 5.41) is 0. The van der Waals surface area contributed by atoms with Crippen molar-refractivity contribution in [3.63, 3.8) is 0 Å². The first-order chi connectivity index (χ1) is 7.22. The molecule has 1 aromatic carbocycles. The minimum atomic E-state index is -0.0427. The van der Waals surface area contributed by atoms with E-state index in [0.717, 1.165) is 5.75 Å². The quantitative estimate of drug-likeness (QED) is 0.738. The zero-order valence-electron chi connectivity index (χ0n) is 9.05. The summed E-state index contributed by atoms with van der Waals surface area (Å²) < 4.78 is 10.7. The fraction of sp³-hybridized carbons (Fsp3) is 0.500. The second-order valence-corrected chi connectivity index (χ2v) is 4.38. The third-order valence-corrected chi connectivity index (χ3v) is 3.45. The number of rotatable bonds is 3. The summed E-state index contributed by atoms with van der Waals surface area (Å²) in [4.78, 5) is 0. The van der Waals surface area contributed by atoms with Crippen LogP contribution in [0.1, 0.15) is 11.1 Å². The molecule has 2 rings (SSSR count). The standard InChI is InChI=1S/C12H15ClO2/c1-9-3-4-11(14-2)10(5-9)12(6-13)7-15-8-12/h3-5H,6-8H2,1-2H3. The van der Waals surface area contributed by atoms with Crippen LogP contribution < -0.4 is 4.74 Å². The summed E-state index contributed by atoms with van der Waals surface area (Å²) in [5.74, 6) is 1.48. The molecule has 1 saturated heterocycles. The maximum Gasteiger partial charge on any atom is 0.122 e. The fourth-order valence-corrected chi connectivity index (χ4v) is 2.19. The summed E-state index contributed by atoms with van der Waals surface area (Å²) in [6.07, 6.45) is 0. The molecule has 1 aliphatic heterocycles. The fourth-order valence-electron chi connectivity index (χ4n) is 1.89. The summed E-state index contributed by atoms with van der Waals surface area (Å²) in [5.41, 5.74) is 2.35. The van der Waals surface area contributed by atoms with Gasteiger partial charge in [0.05, 0.1) is 25.7 Å². The SMILES string of the molecule is COc1ccc(C)cc1C1(CCl)COC1. The number of hydrogen-bond donors (Lipinski definition) is 0. The predicted octanol–water partition coefficient (Wildman–Crippen LogP) is 2.51. The maximum atomic E-state index is 6.04. The van der Waals surface area contributed by atoms with Crippen LogP contribution in [0.3, 0.4) is 0 Å². The molecule has 0 aliphatic carbocycles. The summed E-state index contributed by atoms with van der Waals surface area (Å²) in [7, 11) is 1.69. The van der Waals surface area contributed by atoms with Crippen LogP contribution in [-0.2, 0) is 10.2 Å². The van der Waals surface area contributed by atoms with Crippen LogP contribution in [-0.4, -0.2) is 26.2 Å². The van der Waals surface area contributed by atoms with Gasteiger partial charge >= 0.3 is 0 Å². The summed E-state index contributed by atoms with van der Waals surface area (Å²) in [6.45, 7) is 3.46. The third-order valence-electron chi connectivity index (χ3n) is 2.94. The predicted molar refractivity (Wildman–Crippen MR) is 60.9 cm³/mol. The Kier molecular flexibility index (Phi) is 2.89. The van der Waals surface area contributed by atoms with Gasteiger partial charge in [0, 0.05) is 11.4 Å². The van der Waals surface area contributed by atoms with Crippen molar-refractivity contribution in [1.82, 2.24) is 0 Å². The van der Waals surface area contributed by atoms with Crippen LogP contribution in [0.25, 0.3) is 0 Å². The van der Waals surface area contributed by atoms with Crippen LogP contribution in [0.2, 0.25) is 0 Å². The van der Waals surface area contributed by atoms with Gasteiger partial charge in [-0.2, -0.15) is 0 Å². The minimum absolute atomic E-state index is 0.0427. The van der Waals surface area contributed by atoms with E-state index in [1.165, 1.54) is 11.1 Å². The molecule has 1 fully saturated rings. The number of halogens is 1. The lowest BCUT2D eigenvalue weighted by Gasteiger charge is -2.41. The van der Waals surface area contributed by atoms with Crippen molar-refractivity contribution in [2.24, 2.45) is 0 Å². The molecule has 0 bridgehead atoms. The first-order valence-corrected chi connectivity index (χ1v) is 5.54. The normalized spacial score (nSPS) is 18.3. The van der Waals surface area contributed by atoms with Crippen LogP contribution in [0.5, 0.6) is 5.75 Å². The minimum Gasteiger partial charge on any atom is -0.496 e. The average molecular weight is 227 g/mol. The van der Waals surface area contributed by atoms with Gasteiger partial charge in [0.2, 0.25) is 0 Å². The van der Waals surface area contributed by atoms with E-state index in [4.69, 9.17) is 21.1 Å². The van der Waals surface area contributed by atoms with Gasteiger partial charge in [0.1, 0.15) is 5.75 Å². The van der Waals surface area contributed by atoms with Crippen molar-refractivity contribution in [3.8, 4) is 5.75 Å². The summed E-state index contributed by atoms with van der Waals surface area (Å²) in [6, 6.07) is 6.19. The number of methoxy groups -OCH3 is 1. The molecule has 0 aromatic heterocycles. The Morgan fingerprint density at radius 2 is 2.20 bits per heavy atom. The Balaban J connectivity index is 2.44.